The summed E-state index contributed by atoms with van der Waals surface area (Å²) in [5.41, 5.74) is 8.70. The summed E-state index contributed by atoms with van der Waals surface area (Å²) in [5.74, 6) is 0.322. The molecule has 0 aliphatic rings. The SMILES string of the molecule is Cc1ccc(-c2nn(C)c(N)c2-c2ccc(F)cc2)s1. The van der Waals surface area contributed by atoms with E-state index >= 15 is 0 Å². The number of nitrogens with two attached hydrogens (primary N) is 1. The minimum absolute atomic E-state index is 0.260. The van der Waals surface area contributed by atoms with Crippen LogP contribution in [0.15, 0.2) is 36.4 Å². The first-order valence-corrected chi connectivity index (χ1v) is 7.03. The lowest BCUT2D eigenvalue weighted by molar-refractivity contribution is 0.628. The van der Waals surface area contributed by atoms with Crippen molar-refractivity contribution < 1.29 is 4.39 Å². The van der Waals surface area contributed by atoms with Crippen LogP contribution in [0.4, 0.5) is 10.2 Å². The Bertz CT molecular complexity index is 756. The molecule has 1 aromatic carbocycles. The molecule has 5 heteroatoms. The Hall–Kier alpha value is -2.14. The molecule has 0 aliphatic carbocycles. The van der Waals surface area contributed by atoms with Gasteiger partial charge >= 0.3 is 0 Å². The maximum atomic E-state index is 13.1. The second kappa shape index (κ2) is 4.76. The summed E-state index contributed by atoms with van der Waals surface area (Å²) in [7, 11) is 1.81. The van der Waals surface area contributed by atoms with Crippen LogP contribution in [0.3, 0.4) is 0 Å². The molecule has 0 unspecified atom stereocenters. The first-order valence-electron chi connectivity index (χ1n) is 6.21. The molecule has 0 radical (unpaired) electrons. The molecule has 3 nitrogen and oxygen atoms in total. The highest BCUT2D eigenvalue weighted by Crippen LogP contribution is 2.38. The molecule has 0 fully saturated rings. The smallest absolute Gasteiger partial charge is 0.129 e. The van der Waals surface area contributed by atoms with E-state index < -0.39 is 0 Å². The quantitative estimate of drug-likeness (QED) is 0.778. The molecular formula is C15H14FN3S. The van der Waals surface area contributed by atoms with E-state index in [4.69, 9.17) is 5.73 Å². The number of thiophene rings is 1. The third-order valence-electron chi connectivity index (χ3n) is 3.20. The molecule has 0 saturated carbocycles. The van der Waals surface area contributed by atoms with Crippen LogP contribution in [0.1, 0.15) is 4.88 Å². The highest BCUT2D eigenvalue weighted by Gasteiger charge is 2.18. The van der Waals surface area contributed by atoms with Gasteiger partial charge in [-0.3, -0.25) is 4.68 Å². The fourth-order valence-corrected chi connectivity index (χ4v) is 3.03. The van der Waals surface area contributed by atoms with Crippen LogP contribution in [0.5, 0.6) is 0 Å². The fourth-order valence-electron chi connectivity index (χ4n) is 2.17. The number of hydrogen-bond acceptors (Lipinski definition) is 3. The minimum atomic E-state index is -0.260. The Morgan fingerprint density at radius 3 is 2.45 bits per heavy atom. The highest BCUT2D eigenvalue weighted by atomic mass is 32.1. The largest absolute Gasteiger partial charge is 0.383 e. The molecule has 0 amide bonds. The van der Waals surface area contributed by atoms with Gasteiger partial charge in [0.2, 0.25) is 0 Å². The standard InChI is InChI=1S/C15H14FN3S/c1-9-3-8-12(20-9)14-13(15(17)19(2)18-14)10-4-6-11(16)7-5-10/h3-8H,17H2,1-2H3. The number of rotatable bonds is 2. The van der Waals surface area contributed by atoms with E-state index in [1.165, 1.54) is 17.0 Å². The molecule has 3 aromatic rings. The number of halogens is 1. The Morgan fingerprint density at radius 1 is 1.15 bits per heavy atom. The number of anilines is 1. The molecule has 2 N–H and O–H groups in total. The Morgan fingerprint density at radius 2 is 1.85 bits per heavy atom. The van der Waals surface area contributed by atoms with Crippen molar-refractivity contribution in [2.45, 2.75) is 6.92 Å². The van der Waals surface area contributed by atoms with Crippen molar-refractivity contribution >= 4 is 17.2 Å². The van der Waals surface area contributed by atoms with Crippen molar-refractivity contribution in [2.24, 2.45) is 7.05 Å². The van der Waals surface area contributed by atoms with Gasteiger partial charge in [0.15, 0.2) is 0 Å². The normalized spacial score (nSPS) is 10.9. The lowest BCUT2D eigenvalue weighted by atomic mass is 10.0. The number of aryl methyl sites for hydroxylation is 2. The zero-order valence-electron chi connectivity index (χ0n) is 11.2. The van der Waals surface area contributed by atoms with Gasteiger partial charge in [-0.2, -0.15) is 5.10 Å². The van der Waals surface area contributed by atoms with Crippen molar-refractivity contribution in [2.75, 3.05) is 5.73 Å². The average Bonchev–Trinajstić information content (AvgIpc) is 2.97. The molecule has 2 heterocycles. The summed E-state index contributed by atoms with van der Waals surface area (Å²) >= 11 is 1.67. The van der Waals surface area contributed by atoms with E-state index in [1.807, 2.05) is 13.1 Å². The second-order valence-electron chi connectivity index (χ2n) is 4.65. The first-order chi connectivity index (χ1) is 9.56. The van der Waals surface area contributed by atoms with Gasteiger partial charge in [-0.05, 0) is 36.8 Å². The van der Waals surface area contributed by atoms with Gasteiger partial charge < -0.3 is 5.73 Å². The van der Waals surface area contributed by atoms with E-state index in [-0.39, 0.29) is 5.82 Å². The fraction of sp³-hybridized carbons (Fsp3) is 0.133. The number of benzene rings is 1. The predicted molar refractivity (Wildman–Crippen MR) is 81.1 cm³/mol. The van der Waals surface area contributed by atoms with E-state index in [9.17, 15) is 4.39 Å². The van der Waals surface area contributed by atoms with Crippen LogP contribution in [0.25, 0.3) is 21.7 Å². The van der Waals surface area contributed by atoms with Gasteiger partial charge in [0, 0.05) is 11.9 Å². The second-order valence-corrected chi connectivity index (χ2v) is 5.94. The van der Waals surface area contributed by atoms with Gasteiger partial charge in [0.25, 0.3) is 0 Å². The molecule has 2 aromatic heterocycles. The van der Waals surface area contributed by atoms with Gasteiger partial charge in [-0.15, -0.1) is 11.3 Å². The monoisotopic (exact) mass is 287 g/mol. The lowest BCUT2D eigenvalue weighted by Crippen LogP contribution is -1.97. The van der Waals surface area contributed by atoms with Gasteiger partial charge in [-0.1, -0.05) is 12.1 Å². The van der Waals surface area contributed by atoms with Crippen molar-refractivity contribution in [3.63, 3.8) is 0 Å². The van der Waals surface area contributed by atoms with E-state index in [0.29, 0.717) is 5.82 Å². The summed E-state index contributed by atoms with van der Waals surface area (Å²) in [6, 6.07) is 10.4. The molecule has 0 atom stereocenters. The van der Waals surface area contributed by atoms with Gasteiger partial charge in [0.05, 0.1) is 10.4 Å². The van der Waals surface area contributed by atoms with Crippen molar-refractivity contribution in [3.8, 4) is 21.7 Å². The number of aromatic nitrogens is 2. The number of hydrogen-bond donors (Lipinski definition) is 1. The molecule has 0 aliphatic heterocycles. The van der Waals surface area contributed by atoms with Gasteiger partial charge in [0.1, 0.15) is 17.3 Å². The van der Waals surface area contributed by atoms with Crippen LogP contribution in [0, 0.1) is 12.7 Å². The van der Waals surface area contributed by atoms with Crippen LogP contribution in [-0.2, 0) is 7.05 Å². The molecule has 0 spiro atoms. The maximum absolute atomic E-state index is 13.1. The summed E-state index contributed by atoms with van der Waals surface area (Å²) in [6.07, 6.45) is 0. The molecule has 0 bridgehead atoms. The molecule has 3 rings (SSSR count). The van der Waals surface area contributed by atoms with E-state index in [1.54, 1.807) is 28.2 Å². The summed E-state index contributed by atoms with van der Waals surface area (Å²) in [5, 5.41) is 4.50. The lowest BCUT2D eigenvalue weighted by Gasteiger charge is -2.03. The molecular weight excluding hydrogens is 273 g/mol. The predicted octanol–water partition coefficient (Wildman–Crippen LogP) is 3.85. The van der Waals surface area contributed by atoms with Crippen molar-refractivity contribution in [3.05, 3.63) is 47.1 Å². The molecule has 0 saturated heterocycles. The average molecular weight is 287 g/mol. The number of nitrogens with zero attached hydrogens (tertiary/aromatic N) is 2. The van der Waals surface area contributed by atoms with Crippen LogP contribution < -0.4 is 5.73 Å². The minimum Gasteiger partial charge on any atom is -0.383 e. The van der Waals surface area contributed by atoms with Crippen molar-refractivity contribution in [1.29, 1.82) is 0 Å². The summed E-state index contributed by atoms with van der Waals surface area (Å²) < 4.78 is 14.7. The molecule has 102 valence electrons. The zero-order chi connectivity index (χ0) is 14.3. The van der Waals surface area contributed by atoms with E-state index in [2.05, 4.69) is 18.1 Å². The van der Waals surface area contributed by atoms with Crippen molar-refractivity contribution in [1.82, 2.24) is 9.78 Å². The summed E-state index contributed by atoms with van der Waals surface area (Å²) in [4.78, 5) is 2.28. The number of nitrogen functional groups attached to an aromatic ring is 1. The zero-order valence-corrected chi connectivity index (χ0v) is 12.0. The van der Waals surface area contributed by atoms with Crippen LogP contribution in [0.2, 0.25) is 0 Å². The Labute approximate surface area is 120 Å². The van der Waals surface area contributed by atoms with Crippen LogP contribution in [-0.4, -0.2) is 9.78 Å². The van der Waals surface area contributed by atoms with Crippen LogP contribution >= 0.6 is 11.3 Å². The maximum Gasteiger partial charge on any atom is 0.129 e. The first kappa shape index (κ1) is 12.9. The molecule has 20 heavy (non-hydrogen) atoms. The van der Waals surface area contributed by atoms with Gasteiger partial charge in [-0.25, -0.2) is 4.39 Å². The Balaban J connectivity index is 2.21. The van der Waals surface area contributed by atoms with E-state index in [0.717, 1.165) is 21.7 Å². The third kappa shape index (κ3) is 2.10. The highest BCUT2D eigenvalue weighted by molar-refractivity contribution is 7.15. The third-order valence-corrected chi connectivity index (χ3v) is 4.21. The topological polar surface area (TPSA) is 43.8 Å². The Kier molecular flexibility index (Phi) is 3.06. The summed E-state index contributed by atoms with van der Waals surface area (Å²) in [6.45, 7) is 2.05.